The van der Waals surface area contributed by atoms with Gasteiger partial charge in [-0.05, 0) is 38.3 Å². The number of carbonyl (C=O) groups is 4. The fourth-order valence-electron chi connectivity index (χ4n) is 3.92. The molecule has 7 nitrogen and oxygen atoms in total. The molecule has 1 fully saturated rings. The Kier molecular flexibility index (Phi) is 9.51. The monoisotopic (exact) mass is 498 g/mol. The van der Waals surface area contributed by atoms with Gasteiger partial charge in [-0.3, -0.25) is 19.2 Å². The lowest BCUT2D eigenvalue weighted by molar-refractivity contribution is -0.189. The number of rotatable bonds is 10. The maximum Gasteiger partial charge on any atom is 0.400 e. The molecule has 11 heteroatoms. The molecule has 0 radical (unpaired) electrons. The molecule has 1 amide bonds. The van der Waals surface area contributed by atoms with Crippen molar-refractivity contribution < 1.29 is 41.5 Å². The molecule has 3 unspecified atom stereocenters. The summed E-state index contributed by atoms with van der Waals surface area (Å²) in [5.41, 5.74) is -0.0767. The number of likely N-dealkylation sites (tertiary alicyclic amines) is 1. The maximum absolute atomic E-state index is 13.8. The molecule has 1 aromatic rings. The van der Waals surface area contributed by atoms with E-state index in [9.17, 15) is 36.7 Å². The topological polar surface area (TPSA) is 85.1 Å². The van der Waals surface area contributed by atoms with Gasteiger partial charge in [-0.1, -0.05) is 12.1 Å². The summed E-state index contributed by atoms with van der Waals surface area (Å²) in [6, 6.07) is 1.02. The average molecular weight is 498 g/mol. The molecular formula is C24H26F4N2O5. The largest absolute Gasteiger partial charge is 0.466 e. The lowest BCUT2D eigenvalue weighted by Crippen LogP contribution is -2.48. The minimum absolute atomic E-state index is 0.0924. The van der Waals surface area contributed by atoms with E-state index in [-0.39, 0.29) is 43.5 Å². The van der Waals surface area contributed by atoms with Crippen LogP contribution in [0.5, 0.6) is 0 Å². The molecule has 1 saturated heterocycles. The summed E-state index contributed by atoms with van der Waals surface area (Å²) in [7, 11) is 0. The van der Waals surface area contributed by atoms with Gasteiger partial charge in [0.2, 0.25) is 11.9 Å². The molecular weight excluding hydrogens is 472 g/mol. The van der Waals surface area contributed by atoms with Crippen LogP contribution in [0.4, 0.5) is 17.6 Å². The van der Waals surface area contributed by atoms with Crippen molar-refractivity contribution in [3.05, 3.63) is 46.6 Å². The van der Waals surface area contributed by atoms with Crippen molar-refractivity contribution in [3.8, 4) is 0 Å². The van der Waals surface area contributed by atoms with E-state index in [1.165, 1.54) is 19.1 Å². The fourth-order valence-corrected chi connectivity index (χ4v) is 3.92. The predicted molar refractivity (Wildman–Crippen MR) is 116 cm³/mol. The van der Waals surface area contributed by atoms with Crippen molar-refractivity contribution >= 4 is 23.4 Å². The van der Waals surface area contributed by atoms with E-state index in [4.69, 9.17) is 11.3 Å². The Morgan fingerprint density at radius 3 is 2.46 bits per heavy atom. The lowest BCUT2D eigenvalue weighted by atomic mass is 9.94. The van der Waals surface area contributed by atoms with E-state index in [1.54, 1.807) is 6.92 Å². The molecule has 3 atom stereocenters. The number of alkyl halides is 3. The minimum Gasteiger partial charge on any atom is -0.466 e. The van der Waals surface area contributed by atoms with Crippen molar-refractivity contribution in [2.24, 2.45) is 5.92 Å². The number of Topliss-reactive ketones (excluding diaryl/α,β-unsaturated/α-hetero) is 2. The lowest BCUT2D eigenvalue weighted by Gasteiger charge is -2.29. The second-order valence-corrected chi connectivity index (χ2v) is 8.34. The van der Waals surface area contributed by atoms with Crippen LogP contribution >= 0.6 is 0 Å². The van der Waals surface area contributed by atoms with Gasteiger partial charge in [0.1, 0.15) is 18.2 Å². The first-order valence-corrected chi connectivity index (χ1v) is 11.1. The molecule has 1 aliphatic rings. The summed E-state index contributed by atoms with van der Waals surface area (Å²) >= 11 is 0. The zero-order valence-electron chi connectivity index (χ0n) is 19.4. The highest BCUT2D eigenvalue weighted by molar-refractivity contribution is 5.99. The van der Waals surface area contributed by atoms with Crippen LogP contribution in [0.15, 0.2) is 18.2 Å². The molecule has 190 valence electrons. The first-order chi connectivity index (χ1) is 16.4. The number of carbonyl (C=O) groups excluding carboxylic acids is 4. The number of benzene rings is 1. The molecule has 0 aliphatic carbocycles. The molecule has 1 aromatic carbocycles. The predicted octanol–water partition coefficient (Wildman–Crippen LogP) is 4.08. The van der Waals surface area contributed by atoms with Crippen molar-refractivity contribution in [1.82, 2.24) is 4.90 Å². The van der Waals surface area contributed by atoms with Gasteiger partial charge in [-0.25, -0.2) is 11.0 Å². The molecule has 2 rings (SSSR count). The number of amides is 1. The maximum atomic E-state index is 13.8. The molecule has 0 spiro atoms. The van der Waals surface area contributed by atoms with Crippen LogP contribution in [0.25, 0.3) is 4.85 Å². The molecule has 35 heavy (non-hydrogen) atoms. The second-order valence-electron chi connectivity index (χ2n) is 8.34. The number of hydrogen-bond donors (Lipinski definition) is 0. The van der Waals surface area contributed by atoms with Crippen LogP contribution in [0.3, 0.4) is 0 Å². The van der Waals surface area contributed by atoms with Crippen molar-refractivity contribution in [2.75, 3.05) is 13.2 Å². The fraction of sp³-hybridized carbons (Fsp3) is 0.542. The van der Waals surface area contributed by atoms with Gasteiger partial charge in [-0.15, -0.1) is 0 Å². The molecule has 0 aromatic heterocycles. The summed E-state index contributed by atoms with van der Waals surface area (Å²) in [6.45, 7) is 10.2. The van der Waals surface area contributed by atoms with E-state index < -0.39 is 66.3 Å². The number of ether oxygens (including phenoxy) is 1. The Hall–Kier alpha value is -3.29. The van der Waals surface area contributed by atoms with Gasteiger partial charge in [0.15, 0.2) is 11.6 Å². The van der Waals surface area contributed by atoms with Gasteiger partial charge < -0.3 is 14.5 Å². The number of ketones is 2. The zero-order chi connectivity index (χ0) is 26.3. The average Bonchev–Trinajstić information content (AvgIpc) is 3.27. The Morgan fingerprint density at radius 2 is 1.89 bits per heavy atom. The summed E-state index contributed by atoms with van der Waals surface area (Å²) in [6.07, 6.45) is -6.70. The number of nitrogens with zero attached hydrogens (tertiary/aromatic N) is 2. The third kappa shape index (κ3) is 7.34. The third-order valence-electron chi connectivity index (χ3n) is 5.81. The molecule has 0 bridgehead atoms. The Morgan fingerprint density at radius 1 is 1.20 bits per heavy atom. The van der Waals surface area contributed by atoms with Crippen LogP contribution in [0.1, 0.15) is 54.9 Å². The van der Waals surface area contributed by atoms with E-state index in [0.717, 1.165) is 11.0 Å². The Bertz CT molecular complexity index is 1020. The summed E-state index contributed by atoms with van der Waals surface area (Å²) in [4.78, 5) is 53.8. The SMILES string of the molecule is [C-]#[N+]C(CC(=O)OCC)CC(=O)C1CCCN1C(=O)C(CC(=O)c1ccc(C)c(F)c1)C(F)(F)F. The number of aryl methyl sites for hydroxylation is 1. The summed E-state index contributed by atoms with van der Waals surface area (Å²) in [5.74, 6) is -7.24. The molecule has 1 aliphatic heterocycles. The highest BCUT2D eigenvalue weighted by Crippen LogP contribution is 2.34. The van der Waals surface area contributed by atoms with Crippen LogP contribution in [0, 0.1) is 25.2 Å². The highest BCUT2D eigenvalue weighted by Gasteiger charge is 2.50. The van der Waals surface area contributed by atoms with Crippen molar-refractivity contribution in [1.29, 1.82) is 0 Å². The molecule has 0 N–H and O–H groups in total. The van der Waals surface area contributed by atoms with Crippen LogP contribution in [-0.4, -0.2) is 59.8 Å². The smallest absolute Gasteiger partial charge is 0.400 e. The summed E-state index contributed by atoms with van der Waals surface area (Å²) < 4.78 is 59.9. The van der Waals surface area contributed by atoms with Crippen LogP contribution in [-0.2, 0) is 19.1 Å². The zero-order valence-corrected chi connectivity index (χ0v) is 19.4. The Balaban J connectivity index is 2.17. The standard InChI is InChI=1S/C24H26F4N2O5/c1-4-35-22(33)12-16(29-3)11-21(32)19-6-5-9-30(19)23(34)17(24(26,27)28)13-20(31)15-8-7-14(2)18(25)10-15/h7-8,10,16-17,19H,4-6,9,11-13H2,1-2H3. The third-order valence-corrected chi connectivity index (χ3v) is 5.81. The first kappa shape index (κ1) is 28.0. The van der Waals surface area contributed by atoms with Gasteiger partial charge in [0.05, 0.1) is 19.1 Å². The number of halogens is 4. The van der Waals surface area contributed by atoms with Gasteiger partial charge >= 0.3 is 12.1 Å². The Labute approximate surface area is 200 Å². The van der Waals surface area contributed by atoms with E-state index in [0.29, 0.717) is 0 Å². The minimum atomic E-state index is -5.07. The van der Waals surface area contributed by atoms with Crippen LogP contribution < -0.4 is 0 Å². The molecule has 1 heterocycles. The van der Waals surface area contributed by atoms with Gasteiger partial charge in [0, 0.05) is 18.5 Å². The highest BCUT2D eigenvalue weighted by atomic mass is 19.4. The molecule has 0 saturated carbocycles. The second kappa shape index (κ2) is 11.9. The quantitative estimate of drug-likeness (QED) is 0.210. The van der Waals surface area contributed by atoms with E-state index >= 15 is 0 Å². The summed E-state index contributed by atoms with van der Waals surface area (Å²) in [5, 5.41) is 0. The van der Waals surface area contributed by atoms with Gasteiger partial charge in [0.25, 0.3) is 0 Å². The first-order valence-electron chi connectivity index (χ1n) is 11.1. The van der Waals surface area contributed by atoms with Gasteiger partial charge in [-0.2, -0.15) is 13.2 Å². The van der Waals surface area contributed by atoms with E-state index in [2.05, 4.69) is 4.85 Å². The van der Waals surface area contributed by atoms with Crippen LogP contribution in [0.2, 0.25) is 0 Å². The van der Waals surface area contributed by atoms with Crippen molar-refractivity contribution in [3.63, 3.8) is 0 Å². The van der Waals surface area contributed by atoms with E-state index in [1.807, 2.05) is 0 Å². The number of esters is 1. The number of hydrogen-bond acceptors (Lipinski definition) is 5. The normalized spacial score (nSPS) is 17.4. The van der Waals surface area contributed by atoms with Crippen molar-refractivity contribution in [2.45, 2.75) is 64.2 Å².